The van der Waals surface area contributed by atoms with E-state index in [1.54, 1.807) is 18.9 Å². The van der Waals surface area contributed by atoms with Crippen LogP contribution in [-0.2, 0) is 19.1 Å². The predicted octanol–water partition coefficient (Wildman–Crippen LogP) is 3.71. The maximum absolute atomic E-state index is 13.0. The maximum atomic E-state index is 13.0. The minimum absolute atomic E-state index is 0.101. The van der Waals surface area contributed by atoms with Gasteiger partial charge in [-0.1, -0.05) is 31.2 Å². The minimum Gasteiger partial charge on any atom is -0.493 e. The molecule has 32 heavy (non-hydrogen) atoms. The molecule has 0 N–H and O–H groups in total. The number of rotatable bonds is 10. The number of carbonyl (C=O) groups excluding carboxylic acids is 2. The van der Waals surface area contributed by atoms with Crippen molar-refractivity contribution in [2.75, 3.05) is 34.0 Å². The van der Waals surface area contributed by atoms with Gasteiger partial charge in [-0.3, -0.25) is 9.69 Å². The number of allylic oxidation sites excluding steroid dienone is 1. The normalized spacial score (nSPS) is 20.2. The number of nitrogens with zero attached hydrogens (tertiary/aromatic N) is 2. The molecule has 0 bridgehead atoms. The Balaban J connectivity index is 2.01. The molecule has 0 spiro atoms. The molecule has 1 aromatic carbocycles. The number of methoxy groups -OCH3 is 2. The zero-order valence-corrected chi connectivity index (χ0v) is 20.0. The van der Waals surface area contributed by atoms with E-state index in [1.165, 1.54) is 18.9 Å². The third-order valence-electron chi connectivity index (χ3n) is 5.26. The molecule has 1 aromatic rings. The Morgan fingerprint density at radius 1 is 1.19 bits per heavy atom. The average Bonchev–Trinajstić information content (AvgIpc) is 3.06. The van der Waals surface area contributed by atoms with Gasteiger partial charge in [0.15, 0.2) is 16.7 Å². The molecule has 2 aliphatic rings. The van der Waals surface area contributed by atoms with Gasteiger partial charge in [-0.25, -0.2) is 9.79 Å². The van der Waals surface area contributed by atoms with Crippen LogP contribution in [0.1, 0.15) is 45.2 Å². The quantitative estimate of drug-likeness (QED) is 0.387. The molecule has 8 nitrogen and oxygen atoms in total. The number of hydrogen-bond acceptors (Lipinski definition) is 8. The Labute approximate surface area is 192 Å². The fraction of sp³-hybridized carbons (Fsp3) is 0.522. The summed E-state index contributed by atoms with van der Waals surface area (Å²) < 4.78 is 21.8. The van der Waals surface area contributed by atoms with E-state index in [2.05, 4.69) is 11.9 Å². The highest BCUT2D eigenvalue weighted by Crippen LogP contribution is 2.44. The van der Waals surface area contributed by atoms with Gasteiger partial charge in [0.25, 0.3) is 0 Å². The van der Waals surface area contributed by atoms with Crippen molar-refractivity contribution in [3.8, 4) is 11.5 Å². The summed E-state index contributed by atoms with van der Waals surface area (Å²) in [5.41, 5.74) is 1.58. The van der Waals surface area contributed by atoms with E-state index < -0.39 is 12.0 Å². The molecule has 0 radical (unpaired) electrons. The summed E-state index contributed by atoms with van der Waals surface area (Å²) in [6.07, 6.45) is 1.96. The lowest BCUT2D eigenvalue weighted by Gasteiger charge is -2.33. The van der Waals surface area contributed by atoms with Crippen LogP contribution in [0.4, 0.5) is 0 Å². The molecule has 1 amide bonds. The van der Waals surface area contributed by atoms with Crippen LogP contribution in [0.25, 0.3) is 0 Å². The Morgan fingerprint density at radius 2 is 1.97 bits per heavy atom. The molecule has 1 saturated heterocycles. The number of thioether (sulfide) groups is 1. The third kappa shape index (κ3) is 4.94. The Bertz CT molecular complexity index is 929. The summed E-state index contributed by atoms with van der Waals surface area (Å²) in [5, 5.41) is 0.298. The lowest BCUT2D eigenvalue weighted by molar-refractivity contribution is -0.141. The van der Waals surface area contributed by atoms with E-state index in [0.717, 1.165) is 18.4 Å². The second kappa shape index (κ2) is 10.9. The number of ether oxygens (including phenoxy) is 4. The smallest absolute Gasteiger partial charge is 0.338 e. The van der Waals surface area contributed by atoms with Crippen LogP contribution < -0.4 is 9.47 Å². The fourth-order valence-electron chi connectivity index (χ4n) is 3.57. The monoisotopic (exact) mass is 462 g/mol. The Hall–Kier alpha value is -2.52. The van der Waals surface area contributed by atoms with Crippen LogP contribution in [0.5, 0.6) is 11.5 Å². The second-order valence-electron chi connectivity index (χ2n) is 7.51. The average molecular weight is 463 g/mol. The number of aliphatic imine (C=N–C) groups is 1. The van der Waals surface area contributed by atoms with Crippen molar-refractivity contribution in [3.63, 3.8) is 0 Å². The Morgan fingerprint density at radius 3 is 2.66 bits per heavy atom. The molecule has 9 heteroatoms. The van der Waals surface area contributed by atoms with Gasteiger partial charge in [0, 0.05) is 7.11 Å². The van der Waals surface area contributed by atoms with Gasteiger partial charge in [-0.05, 0) is 38.0 Å². The third-order valence-corrected chi connectivity index (χ3v) is 6.31. The molecule has 2 heterocycles. The van der Waals surface area contributed by atoms with E-state index in [1.807, 2.05) is 25.1 Å². The molecule has 1 fully saturated rings. The van der Waals surface area contributed by atoms with Gasteiger partial charge < -0.3 is 18.9 Å². The fourth-order valence-corrected chi connectivity index (χ4v) is 4.60. The maximum Gasteiger partial charge on any atom is 0.338 e. The molecular weight excluding hydrogens is 432 g/mol. The van der Waals surface area contributed by atoms with Crippen molar-refractivity contribution in [2.24, 2.45) is 4.99 Å². The van der Waals surface area contributed by atoms with Crippen LogP contribution in [-0.4, -0.2) is 61.2 Å². The number of fused-ring (bicyclic) bond motifs is 1. The molecular formula is C23H30N2O6S. The highest BCUT2D eigenvalue weighted by Gasteiger charge is 2.46. The highest BCUT2D eigenvalue weighted by molar-refractivity contribution is 8.15. The van der Waals surface area contributed by atoms with Crippen molar-refractivity contribution in [1.82, 2.24) is 4.90 Å². The topological polar surface area (TPSA) is 86.7 Å². The van der Waals surface area contributed by atoms with Crippen LogP contribution in [0.3, 0.4) is 0 Å². The molecule has 174 valence electrons. The number of benzene rings is 1. The van der Waals surface area contributed by atoms with Gasteiger partial charge in [-0.2, -0.15) is 0 Å². The van der Waals surface area contributed by atoms with Crippen molar-refractivity contribution < 1.29 is 28.5 Å². The molecule has 3 rings (SSSR count). The first-order valence-corrected chi connectivity index (χ1v) is 11.6. The molecule has 0 saturated carbocycles. The van der Waals surface area contributed by atoms with Crippen molar-refractivity contribution in [1.29, 1.82) is 0 Å². The number of esters is 1. The Kier molecular flexibility index (Phi) is 8.20. The molecule has 2 atom stereocenters. The first kappa shape index (κ1) is 24.1. The first-order valence-electron chi connectivity index (χ1n) is 10.7. The van der Waals surface area contributed by atoms with Crippen molar-refractivity contribution >= 4 is 28.8 Å². The van der Waals surface area contributed by atoms with E-state index in [0.29, 0.717) is 34.5 Å². The standard InChI is InChI=1S/C23H30N2O6S/c1-6-7-10-30-17-9-8-16(13-18(17)29-5)20-19(22(27)31-12-11-28-4)14(2)24-23-25(20)21(26)15(3)32-23/h8-9,13,15,20H,6-7,10-12H2,1-5H3. The van der Waals surface area contributed by atoms with Crippen LogP contribution >= 0.6 is 11.8 Å². The van der Waals surface area contributed by atoms with Gasteiger partial charge in [0.2, 0.25) is 5.91 Å². The van der Waals surface area contributed by atoms with Crippen LogP contribution in [0.15, 0.2) is 34.5 Å². The number of unbranched alkanes of at least 4 members (excludes halogenated alkanes) is 1. The van der Waals surface area contributed by atoms with Gasteiger partial charge in [-0.15, -0.1) is 0 Å². The van der Waals surface area contributed by atoms with Gasteiger partial charge >= 0.3 is 5.97 Å². The second-order valence-corrected chi connectivity index (χ2v) is 8.81. The van der Waals surface area contributed by atoms with E-state index in [-0.39, 0.29) is 24.4 Å². The zero-order chi connectivity index (χ0) is 23.3. The van der Waals surface area contributed by atoms with Crippen molar-refractivity contribution in [3.05, 3.63) is 35.0 Å². The summed E-state index contributed by atoms with van der Waals surface area (Å²) >= 11 is 1.39. The SMILES string of the molecule is CCCCOc1ccc(C2C(C(=O)OCCOC)=C(C)N=C3SC(C)C(=O)N32)cc1OC. The number of carbonyl (C=O) groups is 2. The van der Waals surface area contributed by atoms with Crippen LogP contribution in [0, 0.1) is 0 Å². The summed E-state index contributed by atoms with van der Waals surface area (Å²) in [5.74, 6) is 0.539. The largest absolute Gasteiger partial charge is 0.493 e. The lowest BCUT2D eigenvalue weighted by atomic mass is 9.94. The minimum atomic E-state index is -0.666. The van der Waals surface area contributed by atoms with E-state index >= 15 is 0 Å². The van der Waals surface area contributed by atoms with E-state index in [4.69, 9.17) is 18.9 Å². The summed E-state index contributed by atoms with van der Waals surface area (Å²) in [6, 6.07) is 4.82. The number of amidine groups is 1. The van der Waals surface area contributed by atoms with Gasteiger partial charge in [0.05, 0.1) is 42.9 Å². The number of amides is 1. The molecule has 0 aromatic heterocycles. The lowest BCUT2D eigenvalue weighted by Crippen LogP contribution is -2.40. The summed E-state index contributed by atoms with van der Waals surface area (Å²) in [4.78, 5) is 32.2. The molecule has 2 unspecified atom stereocenters. The molecule has 2 aliphatic heterocycles. The van der Waals surface area contributed by atoms with Crippen molar-refractivity contribution in [2.45, 2.75) is 44.9 Å². The highest BCUT2D eigenvalue weighted by atomic mass is 32.2. The molecule has 0 aliphatic carbocycles. The van der Waals surface area contributed by atoms with Crippen LogP contribution in [0.2, 0.25) is 0 Å². The number of hydrogen-bond donors (Lipinski definition) is 0. The summed E-state index contributed by atoms with van der Waals surface area (Å²) in [6.45, 7) is 6.67. The predicted molar refractivity (Wildman–Crippen MR) is 123 cm³/mol. The van der Waals surface area contributed by atoms with E-state index in [9.17, 15) is 9.59 Å². The van der Waals surface area contributed by atoms with Gasteiger partial charge in [0.1, 0.15) is 6.61 Å². The first-order chi connectivity index (χ1) is 15.4. The summed E-state index contributed by atoms with van der Waals surface area (Å²) in [7, 11) is 3.11. The zero-order valence-electron chi connectivity index (χ0n) is 19.2.